The summed E-state index contributed by atoms with van der Waals surface area (Å²) in [5.41, 5.74) is 3.11. The predicted molar refractivity (Wildman–Crippen MR) is 91.0 cm³/mol. The topological polar surface area (TPSA) is 57.0 Å². The van der Waals surface area contributed by atoms with E-state index in [9.17, 15) is 4.79 Å². The van der Waals surface area contributed by atoms with Gasteiger partial charge in [-0.15, -0.1) is 0 Å². The van der Waals surface area contributed by atoms with Crippen molar-refractivity contribution >= 4 is 17.6 Å². The van der Waals surface area contributed by atoms with Crippen LogP contribution in [0.4, 0.5) is 0 Å². The van der Waals surface area contributed by atoms with Crippen LogP contribution in [0.25, 0.3) is 5.69 Å². The average molecular weight is 342 g/mol. The predicted octanol–water partition coefficient (Wildman–Crippen LogP) is 3.52. The Morgan fingerprint density at radius 2 is 2.00 bits per heavy atom. The third-order valence-electron chi connectivity index (χ3n) is 3.57. The molecule has 6 heteroatoms. The van der Waals surface area contributed by atoms with Crippen LogP contribution in [0.2, 0.25) is 5.15 Å². The van der Waals surface area contributed by atoms with Crippen LogP contribution in [-0.2, 0) is 22.6 Å². The maximum Gasteiger partial charge on any atom is 0.310 e. The van der Waals surface area contributed by atoms with Crippen LogP contribution >= 0.6 is 11.6 Å². The molecular weight excluding hydrogens is 326 g/mol. The first kappa shape index (κ1) is 16.2. The number of hydrogen-bond donors (Lipinski definition) is 0. The van der Waals surface area contributed by atoms with Crippen LogP contribution in [0.1, 0.15) is 16.8 Å². The van der Waals surface area contributed by atoms with E-state index in [1.807, 2.05) is 43.3 Å². The van der Waals surface area contributed by atoms with Crippen molar-refractivity contribution in [2.75, 3.05) is 0 Å². The van der Waals surface area contributed by atoms with E-state index >= 15 is 0 Å². The van der Waals surface area contributed by atoms with Crippen LogP contribution in [0.3, 0.4) is 0 Å². The fourth-order valence-corrected chi connectivity index (χ4v) is 2.64. The van der Waals surface area contributed by atoms with Gasteiger partial charge in [-0.25, -0.2) is 4.68 Å². The molecular formula is C18H16ClN3O2. The van der Waals surface area contributed by atoms with Gasteiger partial charge < -0.3 is 4.74 Å². The Morgan fingerprint density at radius 3 is 2.71 bits per heavy atom. The molecule has 0 saturated carbocycles. The molecule has 0 saturated heterocycles. The Bertz CT molecular complexity index is 832. The first-order valence-electron chi connectivity index (χ1n) is 7.49. The smallest absolute Gasteiger partial charge is 0.310 e. The molecule has 2 heterocycles. The van der Waals surface area contributed by atoms with Gasteiger partial charge >= 0.3 is 5.97 Å². The van der Waals surface area contributed by atoms with E-state index in [2.05, 4.69) is 10.1 Å². The van der Waals surface area contributed by atoms with E-state index < -0.39 is 0 Å². The van der Waals surface area contributed by atoms with E-state index in [0.29, 0.717) is 10.7 Å². The van der Waals surface area contributed by atoms with Crippen LogP contribution in [0, 0.1) is 6.92 Å². The fourth-order valence-electron chi connectivity index (χ4n) is 2.31. The Morgan fingerprint density at radius 1 is 1.21 bits per heavy atom. The summed E-state index contributed by atoms with van der Waals surface area (Å²) in [4.78, 5) is 15.9. The second-order valence-electron chi connectivity index (χ2n) is 5.30. The molecule has 0 aliphatic carbocycles. The highest BCUT2D eigenvalue weighted by molar-refractivity contribution is 6.30. The van der Waals surface area contributed by atoms with Gasteiger partial charge in [0.15, 0.2) is 0 Å². The molecule has 3 rings (SSSR count). The Kier molecular flexibility index (Phi) is 4.91. The average Bonchev–Trinajstić information content (AvgIpc) is 2.89. The lowest BCUT2D eigenvalue weighted by molar-refractivity contribution is -0.144. The van der Waals surface area contributed by atoms with E-state index in [1.54, 1.807) is 23.1 Å². The van der Waals surface area contributed by atoms with Crippen molar-refractivity contribution in [3.05, 3.63) is 76.8 Å². The van der Waals surface area contributed by atoms with Crippen molar-refractivity contribution in [3.63, 3.8) is 0 Å². The summed E-state index contributed by atoms with van der Waals surface area (Å²) in [6.45, 7) is 1.94. The number of aromatic nitrogens is 3. The quantitative estimate of drug-likeness (QED) is 0.666. The molecule has 0 N–H and O–H groups in total. The first-order valence-corrected chi connectivity index (χ1v) is 7.87. The summed E-state index contributed by atoms with van der Waals surface area (Å²) in [5, 5.41) is 4.88. The molecule has 0 spiro atoms. The summed E-state index contributed by atoms with van der Waals surface area (Å²) >= 11 is 6.41. The minimum Gasteiger partial charge on any atom is -0.460 e. The number of nitrogens with zero attached hydrogens (tertiary/aromatic N) is 3. The zero-order valence-electron chi connectivity index (χ0n) is 13.1. The third-order valence-corrected chi connectivity index (χ3v) is 3.96. The second kappa shape index (κ2) is 7.27. The molecule has 5 nitrogen and oxygen atoms in total. The van der Waals surface area contributed by atoms with Gasteiger partial charge in [0.2, 0.25) is 0 Å². The van der Waals surface area contributed by atoms with Gasteiger partial charge in [-0.2, -0.15) is 5.10 Å². The standard InChI is InChI=1S/C18H16ClN3O2/c1-13-16(12-24-17(23)10-14-6-5-9-20-11-14)18(19)22(21-13)15-7-3-2-4-8-15/h2-9,11H,10,12H2,1H3. The van der Waals surface area contributed by atoms with Gasteiger partial charge in [0.1, 0.15) is 11.8 Å². The molecule has 24 heavy (non-hydrogen) atoms. The molecule has 1 aromatic carbocycles. The van der Waals surface area contributed by atoms with Crippen molar-refractivity contribution in [2.24, 2.45) is 0 Å². The highest BCUT2D eigenvalue weighted by Crippen LogP contribution is 2.24. The number of pyridine rings is 1. The van der Waals surface area contributed by atoms with Crippen LogP contribution < -0.4 is 0 Å². The van der Waals surface area contributed by atoms with Crippen molar-refractivity contribution in [2.45, 2.75) is 20.0 Å². The van der Waals surface area contributed by atoms with Gasteiger partial charge in [-0.1, -0.05) is 35.9 Å². The van der Waals surface area contributed by atoms with Gasteiger partial charge in [-0.05, 0) is 30.7 Å². The van der Waals surface area contributed by atoms with Crippen molar-refractivity contribution < 1.29 is 9.53 Å². The second-order valence-corrected chi connectivity index (χ2v) is 5.66. The number of benzene rings is 1. The maximum absolute atomic E-state index is 12.0. The number of esters is 1. The number of para-hydroxylation sites is 1. The summed E-state index contributed by atoms with van der Waals surface area (Å²) in [5.74, 6) is -0.328. The number of carbonyl (C=O) groups is 1. The molecule has 3 aromatic rings. The summed E-state index contributed by atoms with van der Waals surface area (Å²) in [6.07, 6.45) is 3.49. The normalized spacial score (nSPS) is 10.6. The zero-order chi connectivity index (χ0) is 16.9. The van der Waals surface area contributed by atoms with E-state index in [-0.39, 0.29) is 19.0 Å². The molecule has 0 atom stereocenters. The largest absolute Gasteiger partial charge is 0.460 e. The number of carbonyl (C=O) groups excluding carboxylic acids is 1. The van der Waals surface area contributed by atoms with Crippen molar-refractivity contribution in [3.8, 4) is 5.69 Å². The molecule has 122 valence electrons. The van der Waals surface area contributed by atoms with Gasteiger partial charge in [0, 0.05) is 18.0 Å². The Balaban J connectivity index is 1.70. The highest BCUT2D eigenvalue weighted by Gasteiger charge is 2.16. The molecule has 0 aliphatic heterocycles. The highest BCUT2D eigenvalue weighted by atomic mass is 35.5. The Labute approximate surface area is 144 Å². The summed E-state index contributed by atoms with van der Waals surface area (Å²) in [7, 11) is 0. The van der Waals surface area contributed by atoms with E-state index in [1.165, 1.54) is 0 Å². The third kappa shape index (κ3) is 3.63. The number of hydrogen-bond acceptors (Lipinski definition) is 4. The fraction of sp³-hybridized carbons (Fsp3) is 0.167. The van der Waals surface area contributed by atoms with Crippen LogP contribution in [-0.4, -0.2) is 20.7 Å². The summed E-state index contributed by atoms with van der Waals surface area (Å²) in [6, 6.07) is 13.2. The van der Waals surface area contributed by atoms with Crippen LogP contribution in [0.5, 0.6) is 0 Å². The van der Waals surface area contributed by atoms with Crippen molar-refractivity contribution in [1.82, 2.24) is 14.8 Å². The van der Waals surface area contributed by atoms with Gasteiger partial charge in [0.05, 0.1) is 17.8 Å². The molecule has 0 unspecified atom stereocenters. The Hall–Kier alpha value is -2.66. The SMILES string of the molecule is Cc1nn(-c2ccccc2)c(Cl)c1COC(=O)Cc1cccnc1. The zero-order valence-corrected chi connectivity index (χ0v) is 13.9. The number of halogens is 1. The minimum atomic E-state index is -0.328. The molecule has 0 amide bonds. The van der Waals surface area contributed by atoms with Gasteiger partial charge in [0.25, 0.3) is 0 Å². The monoisotopic (exact) mass is 341 g/mol. The lowest BCUT2D eigenvalue weighted by Gasteiger charge is -2.05. The lowest BCUT2D eigenvalue weighted by atomic mass is 10.2. The first-order chi connectivity index (χ1) is 11.6. The molecule has 2 aromatic heterocycles. The van der Waals surface area contributed by atoms with Gasteiger partial charge in [-0.3, -0.25) is 9.78 Å². The van der Waals surface area contributed by atoms with E-state index in [4.69, 9.17) is 16.3 Å². The number of ether oxygens (including phenoxy) is 1. The number of aryl methyl sites for hydroxylation is 1. The summed E-state index contributed by atoms with van der Waals surface area (Å²) < 4.78 is 6.98. The maximum atomic E-state index is 12.0. The number of rotatable bonds is 5. The molecule has 0 radical (unpaired) electrons. The van der Waals surface area contributed by atoms with E-state index in [0.717, 1.165) is 16.9 Å². The van der Waals surface area contributed by atoms with Crippen molar-refractivity contribution in [1.29, 1.82) is 0 Å². The minimum absolute atomic E-state index is 0.0938. The van der Waals surface area contributed by atoms with Crippen LogP contribution in [0.15, 0.2) is 54.9 Å². The molecule has 0 fully saturated rings. The lowest BCUT2D eigenvalue weighted by Crippen LogP contribution is -2.08. The molecule has 0 bridgehead atoms. The molecule has 0 aliphatic rings.